The molecular weight excluding hydrogens is 340 g/mol. The van der Waals surface area contributed by atoms with Gasteiger partial charge in [0.15, 0.2) is 6.61 Å². The molecule has 0 bridgehead atoms. The summed E-state index contributed by atoms with van der Waals surface area (Å²) in [5.74, 6) is 1.22. The van der Waals surface area contributed by atoms with Gasteiger partial charge in [0, 0.05) is 6.54 Å². The maximum atomic E-state index is 12.2. The van der Waals surface area contributed by atoms with Crippen molar-refractivity contribution in [2.75, 3.05) is 26.2 Å². The zero-order valence-corrected chi connectivity index (χ0v) is 14.9. The van der Waals surface area contributed by atoms with Crippen LogP contribution in [0.2, 0.25) is 5.02 Å². The summed E-state index contributed by atoms with van der Waals surface area (Å²) < 4.78 is 11.1. The van der Waals surface area contributed by atoms with Crippen LogP contribution in [0.1, 0.15) is 31.1 Å². The molecule has 134 valence electrons. The van der Waals surface area contributed by atoms with E-state index in [0.29, 0.717) is 17.3 Å². The number of amides is 1. The summed E-state index contributed by atoms with van der Waals surface area (Å²) in [7, 11) is 0. The van der Waals surface area contributed by atoms with Crippen LogP contribution < -0.4 is 10.1 Å². The van der Waals surface area contributed by atoms with Gasteiger partial charge < -0.3 is 14.5 Å². The Kier molecular flexibility index (Phi) is 6.36. The lowest BCUT2D eigenvalue weighted by Crippen LogP contribution is -2.41. The highest BCUT2D eigenvalue weighted by Crippen LogP contribution is 2.25. The Morgan fingerprint density at radius 3 is 2.72 bits per heavy atom. The van der Waals surface area contributed by atoms with Crippen molar-refractivity contribution in [1.29, 1.82) is 0 Å². The first-order valence-electron chi connectivity index (χ1n) is 8.65. The average Bonchev–Trinajstić information content (AvgIpc) is 3.16. The minimum atomic E-state index is -0.173. The summed E-state index contributed by atoms with van der Waals surface area (Å²) in [6, 6.07) is 11.0. The molecule has 5 nitrogen and oxygen atoms in total. The number of furan rings is 1. The van der Waals surface area contributed by atoms with Gasteiger partial charge in [0.2, 0.25) is 0 Å². The van der Waals surface area contributed by atoms with Crippen molar-refractivity contribution >= 4 is 17.5 Å². The second-order valence-corrected chi connectivity index (χ2v) is 6.56. The maximum Gasteiger partial charge on any atom is 0.258 e. The van der Waals surface area contributed by atoms with Gasteiger partial charge in [0.1, 0.15) is 11.5 Å². The topological polar surface area (TPSA) is 54.7 Å². The van der Waals surface area contributed by atoms with E-state index >= 15 is 0 Å². The van der Waals surface area contributed by atoms with Crippen LogP contribution >= 0.6 is 11.6 Å². The number of nitrogens with one attached hydrogen (secondary N) is 1. The minimum Gasteiger partial charge on any atom is -0.482 e. The van der Waals surface area contributed by atoms with E-state index in [1.807, 2.05) is 24.3 Å². The molecule has 2 heterocycles. The van der Waals surface area contributed by atoms with Crippen molar-refractivity contribution in [3.05, 3.63) is 53.4 Å². The summed E-state index contributed by atoms with van der Waals surface area (Å²) in [5, 5.41) is 3.45. The molecule has 1 aromatic carbocycles. The molecule has 0 spiro atoms. The molecule has 6 heteroatoms. The Hall–Kier alpha value is -1.98. The molecule has 1 saturated heterocycles. The lowest BCUT2D eigenvalue weighted by Gasteiger charge is -2.33. The highest BCUT2D eigenvalue weighted by molar-refractivity contribution is 6.32. The maximum absolute atomic E-state index is 12.2. The quantitative estimate of drug-likeness (QED) is 0.816. The number of carbonyl (C=O) groups is 1. The Balaban J connectivity index is 1.53. The van der Waals surface area contributed by atoms with Crippen molar-refractivity contribution < 1.29 is 13.9 Å². The highest BCUT2D eigenvalue weighted by atomic mass is 35.5. The molecule has 0 aliphatic carbocycles. The first-order chi connectivity index (χ1) is 12.2. The van der Waals surface area contributed by atoms with Crippen molar-refractivity contribution in [1.82, 2.24) is 10.2 Å². The van der Waals surface area contributed by atoms with Crippen LogP contribution in [-0.4, -0.2) is 37.0 Å². The van der Waals surface area contributed by atoms with Gasteiger partial charge in [-0.25, -0.2) is 0 Å². The monoisotopic (exact) mass is 362 g/mol. The SMILES string of the molecule is O=C(COc1ccccc1Cl)NCC(c1ccco1)N1CCCCC1. The number of carbonyl (C=O) groups excluding carboxylic acids is 1. The van der Waals surface area contributed by atoms with Crippen molar-refractivity contribution in [3.63, 3.8) is 0 Å². The third kappa shape index (κ3) is 5.00. The van der Waals surface area contributed by atoms with Crippen LogP contribution in [-0.2, 0) is 4.79 Å². The zero-order chi connectivity index (χ0) is 17.5. The van der Waals surface area contributed by atoms with Gasteiger partial charge in [-0.3, -0.25) is 9.69 Å². The first-order valence-corrected chi connectivity index (χ1v) is 9.03. The van der Waals surface area contributed by atoms with Gasteiger partial charge in [-0.05, 0) is 50.2 Å². The van der Waals surface area contributed by atoms with E-state index in [1.165, 1.54) is 19.3 Å². The molecule has 25 heavy (non-hydrogen) atoms. The van der Waals surface area contributed by atoms with Crippen molar-refractivity contribution in [3.8, 4) is 5.75 Å². The lowest BCUT2D eigenvalue weighted by atomic mass is 10.1. The molecule has 0 saturated carbocycles. The lowest BCUT2D eigenvalue weighted by molar-refractivity contribution is -0.123. The van der Waals surface area contributed by atoms with Gasteiger partial charge in [-0.2, -0.15) is 0 Å². The van der Waals surface area contributed by atoms with Crippen molar-refractivity contribution in [2.24, 2.45) is 0 Å². The number of halogens is 1. The number of ether oxygens (including phenoxy) is 1. The van der Waals surface area contributed by atoms with Gasteiger partial charge >= 0.3 is 0 Å². The number of likely N-dealkylation sites (tertiary alicyclic amines) is 1. The Labute approximate surface area is 152 Å². The fourth-order valence-corrected chi connectivity index (χ4v) is 3.28. The molecule has 1 aliphatic heterocycles. The average molecular weight is 363 g/mol. The molecule has 1 unspecified atom stereocenters. The summed E-state index contributed by atoms with van der Waals surface area (Å²) >= 11 is 6.03. The van der Waals surface area contributed by atoms with E-state index < -0.39 is 0 Å². The summed E-state index contributed by atoms with van der Waals surface area (Å²) in [6.07, 6.45) is 5.30. The Morgan fingerprint density at radius 1 is 1.20 bits per heavy atom. The summed E-state index contributed by atoms with van der Waals surface area (Å²) in [6.45, 7) is 2.49. The van der Waals surface area contributed by atoms with Gasteiger partial charge in [-0.15, -0.1) is 0 Å². The Morgan fingerprint density at radius 2 is 2.00 bits per heavy atom. The molecule has 1 N–H and O–H groups in total. The molecule has 2 aromatic rings. The Bertz CT molecular complexity index is 669. The molecule has 3 rings (SSSR count). The van der Waals surface area contributed by atoms with Crippen LogP contribution in [0.15, 0.2) is 47.1 Å². The third-order valence-corrected chi connectivity index (χ3v) is 4.70. The molecule has 1 fully saturated rings. The largest absolute Gasteiger partial charge is 0.482 e. The molecular formula is C19H23ClN2O3. The van der Waals surface area contributed by atoms with Crippen LogP contribution in [0.5, 0.6) is 5.75 Å². The second-order valence-electron chi connectivity index (χ2n) is 6.15. The van der Waals surface area contributed by atoms with E-state index in [9.17, 15) is 4.79 Å². The van der Waals surface area contributed by atoms with Crippen LogP contribution in [0, 0.1) is 0 Å². The molecule has 1 aromatic heterocycles. The van der Waals surface area contributed by atoms with E-state index in [0.717, 1.165) is 18.8 Å². The predicted molar refractivity (Wildman–Crippen MR) is 96.8 cm³/mol. The number of para-hydroxylation sites is 1. The van der Waals surface area contributed by atoms with E-state index in [2.05, 4.69) is 10.2 Å². The van der Waals surface area contributed by atoms with Crippen LogP contribution in [0.3, 0.4) is 0 Å². The minimum absolute atomic E-state index is 0.0552. The van der Waals surface area contributed by atoms with E-state index in [4.69, 9.17) is 20.8 Å². The zero-order valence-electron chi connectivity index (χ0n) is 14.1. The number of rotatable bonds is 7. The smallest absolute Gasteiger partial charge is 0.258 e. The normalized spacial score (nSPS) is 16.4. The number of nitrogens with zero attached hydrogens (tertiary/aromatic N) is 1. The van der Waals surface area contributed by atoms with Crippen molar-refractivity contribution in [2.45, 2.75) is 25.3 Å². The molecule has 1 amide bonds. The number of hydrogen-bond donors (Lipinski definition) is 1. The van der Waals surface area contributed by atoms with Crippen LogP contribution in [0.4, 0.5) is 0 Å². The summed E-state index contributed by atoms with van der Waals surface area (Å²) in [4.78, 5) is 14.5. The van der Waals surface area contributed by atoms with Gasteiger partial charge in [-0.1, -0.05) is 30.2 Å². The molecule has 1 aliphatic rings. The van der Waals surface area contributed by atoms with Gasteiger partial charge in [0.25, 0.3) is 5.91 Å². The predicted octanol–water partition coefficient (Wildman–Crippen LogP) is 3.66. The number of hydrogen-bond acceptors (Lipinski definition) is 4. The first kappa shape index (κ1) is 17.8. The van der Waals surface area contributed by atoms with E-state index in [1.54, 1.807) is 18.4 Å². The van der Waals surface area contributed by atoms with Crippen LogP contribution in [0.25, 0.3) is 0 Å². The van der Waals surface area contributed by atoms with E-state index in [-0.39, 0.29) is 18.6 Å². The standard InChI is InChI=1S/C19H23ClN2O3/c20-15-7-2-3-8-17(15)25-14-19(23)21-13-16(18-9-6-12-24-18)22-10-4-1-5-11-22/h2-3,6-9,12,16H,1,4-5,10-11,13-14H2,(H,21,23). The molecule has 1 atom stereocenters. The summed E-state index contributed by atoms with van der Waals surface area (Å²) in [5.41, 5.74) is 0. The van der Waals surface area contributed by atoms with Gasteiger partial charge in [0.05, 0.1) is 17.3 Å². The highest BCUT2D eigenvalue weighted by Gasteiger charge is 2.24. The number of piperidine rings is 1. The molecule has 0 radical (unpaired) electrons. The fourth-order valence-electron chi connectivity index (χ4n) is 3.09. The third-order valence-electron chi connectivity index (χ3n) is 4.39. The number of benzene rings is 1. The second kappa shape index (κ2) is 8.92. The fraction of sp³-hybridized carbons (Fsp3) is 0.421.